The predicted molar refractivity (Wildman–Crippen MR) is 103 cm³/mol. The maximum atomic E-state index is 12.7. The van der Waals surface area contributed by atoms with Gasteiger partial charge in [-0.05, 0) is 18.6 Å². The summed E-state index contributed by atoms with van der Waals surface area (Å²) in [7, 11) is 2.90. The Morgan fingerprint density at radius 1 is 1.22 bits per heavy atom. The molecule has 1 aromatic carbocycles. The molecule has 1 unspecified atom stereocenters. The molecule has 3 N–H and O–H groups in total. The fourth-order valence-corrected chi connectivity index (χ4v) is 4.17. The number of fused-ring (bicyclic) bond motifs is 1. The molecular weight excluding hydrogens is 346 g/mol. The normalized spacial score (nSPS) is 22.4. The first-order chi connectivity index (χ1) is 12.9. The minimum Gasteiger partial charge on any atom is -0.497 e. The van der Waals surface area contributed by atoms with Gasteiger partial charge >= 0.3 is 5.97 Å². The van der Waals surface area contributed by atoms with Gasteiger partial charge in [0, 0.05) is 23.3 Å². The largest absolute Gasteiger partial charge is 0.497 e. The van der Waals surface area contributed by atoms with Crippen LogP contribution in [0.25, 0.3) is 10.9 Å². The number of hydrogen-bond donors (Lipinski definition) is 3. The number of aromatic nitrogens is 1. The number of carbonyl (C=O) groups excluding carboxylic acids is 2. The number of benzene rings is 1. The van der Waals surface area contributed by atoms with Gasteiger partial charge in [0.1, 0.15) is 11.4 Å². The van der Waals surface area contributed by atoms with Crippen molar-refractivity contribution in [1.82, 2.24) is 4.98 Å². The van der Waals surface area contributed by atoms with Crippen molar-refractivity contribution in [3.05, 3.63) is 23.9 Å². The number of nitrogens with one attached hydrogen (secondary N) is 3. The van der Waals surface area contributed by atoms with Crippen molar-refractivity contribution in [2.45, 2.75) is 20.3 Å². The second-order valence-electron chi connectivity index (χ2n) is 7.61. The Labute approximate surface area is 159 Å². The summed E-state index contributed by atoms with van der Waals surface area (Å²) in [6.07, 6.45) is 1.21. The van der Waals surface area contributed by atoms with Crippen LogP contribution in [-0.4, -0.2) is 50.7 Å². The fraction of sp³-hybridized carbons (Fsp3) is 0.500. The van der Waals surface area contributed by atoms with Gasteiger partial charge < -0.3 is 24.7 Å². The third-order valence-electron chi connectivity index (χ3n) is 5.15. The summed E-state index contributed by atoms with van der Waals surface area (Å²) in [5, 5.41) is 3.68. The number of hydrogen-bond acceptors (Lipinski definition) is 4. The van der Waals surface area contributed by atoms with Crippen molar-refractivity contribution >= 4 is 28.5 Å². The van der Waals surface area contributed by atoms with Gasteiger partial charge in [-0.1, -0.05) is 13.8 Å². The average molecular weight is 374 g/mol. The Morgan fingerprint density at radius 2 is 1.93 bits per heavy atom. The standard InChI is InChI=1S/C20H27N3O4/c1-12-7-13(2)10-23(9-12)11-17(24)22-18-15-6-5-14(26-3)8-16(15)21-19(18)20(25)27-4/h5-6,8,12-13,21H,7,9-11H2,1-4H3,(H,22,24)/p+1/t12-,13+. The Bertz CT molecular complexity index is 835. The van der Waals surface area contributed by atoms with Gasteiger partial charge in [0.25, 0.3) is 5.91 Å². The zero-order valence-electron chi connectivity index (χ0n) is 16.3. The number of H-pyrrole nitrogens is 1. The lowest BCUT2D eigenvalue weighted by Gasteiger charge is -2.31. The molecule has 27 heavy (non-hydrogen) atoms. The number of quaternary nitrogens is 1. The van der Waals surface area contributed by atoms with Gasteiger partial charge in [-0.3, -0.25) is 4.79 Å². The van der Waals surface area contributed by atoms with Gasteiger partial charge in [-0.15, -0.1) is 0 Å². The lowest BCUT2D eigenvalue weighted by atomic mass is 9.92. The lowest BCUT2D eigenvalue weighted by Crippen LogP contribution is -3.15. The van der Waals surface area contributed by atoms with Crippen LogP contribution in [0.4, 0.5) is 5.69 Å². The van der Waals surface area contributed by atoms with Gasteiger partial charge in [0.05, 0.1) is 38.5 Å². The number of anilines is 1. The number of esters is 1. The molecule has 146 valence electrons. The molecule has 1 aromatic heterocycles. The number of amides is 1. The lowest BCUT2D eigenvalue weighted by molar-refractivity contribution is -0.904. The SMILES string of the molecule is COC(=O)c1[nH]c2cc(OC)ccc2c1NC(=O)C[NH+]1C[C@H](C)C[C@H](C)C1. The molecule has 0 bridgehead atoms. The van der Waals surface area contributed by atoms with Crippen LogP contribution in [0.15, 0.2) is 18.2 Å². The molecule has 1 aliphatic heterocycles. The molecule has 3 rings (SSSR count). The van der Waals surface area contributed by atoms with E-state index in [2.05, 4.69) is 24.1 Å². The number of aromatic amines is 1. The molecule has 1 amide bonds. The quantitative estimate of drug-likeness (QED) is 0.692. The van der Waals surface area contributed by atoms with Crippen molar-refractivity contribution in [3.8, 4) is 5.75 Å². The maximum absolute atomic E-state index is 12.7. The average Bonchev–Trinajstić information content (AvgIpc) is 2.97. The minimum absolute atomic E-state index is 0.104. The van der Waals surface area contributed by atoms with Gasteiger partial charge in [-0.2, -0.15) is 0 Å². The molecule has 1 saturated heterocycles. The first-order valence-electron chi connectivity index (χ1n) is 9.32. The van der Waals surface area contributed by atoms with Gasteiger partial charge in [-0.25, -0.2) is 4.79 Å². The Hall–Kier alpha value is -2.54. The summed E-state index contributed by atoms with van der Waals surface area (Å²) < 4.78 is 10.1. The second-order valence-corrected chi connectivity index (χ2v) is 7.61. The van der Waals surface area contributed by atoms with Gasteiger partial charge in [0.15, 0.2) is 6.54 Å². The Kier molecular flexibility index (Phi) is 5.70. The third-order valence-corrected chi connectivity index (χ3v) is 5.15. The molecule has 3 atom stereocenters. The van der Waals surface area contributed by atoms with Crippen molar-refractivity contribution in [1.29, 1.82) is 0 Å². The molecule has 0 saturated carbocycles. The van der Waals surface area contributed by atoms with E-state index in [1.165, 1.54) is 18.4 Å². The summed E-state index contributed by atoms with van der Waals surface area (Å²) in [6, 6.07) is 5.41. The Balaban J connectivity index is 1.84. The first kappa shape index (κ1) is 19.2. The van der Waals surface area contributed by atoms with E-state index in [0.717, 1.165) is 18.5 Å². The molecule has 1 fully saturated rings. The second kappa shape index (κ2) is 8.00. The molecule has 2 aromatic rings. The number of carbonyl (C=O) groups is 2. The molecule has 0 aliphatic carbocycles. The van der Waals surface area contributed by atoms with E-state index in [-0.39, 0.29) is 11.6 Å². The molecular formula is C20H28N3O4+. The van der Waals surface area contributed by atoms with Crippen LogP contribution in [-0.2, 0) is 9.53 Å². The monoisotopic (exact) mass is 374 g/mol. The van der Waals surface area contributed by atoms with E-state index in [4.69, 9.17) is 9.47 Å². The summed E-state index contributed by atoms with van der Waals surface area (Å²) >= 11 is 0. The highest BCUT2D eigenvalue weighted by Gasteiger charge is 2.28. The van der Waals surface area contributed by atoms with E-state index in [9.17, 15) is 9.59 Å². The van der Waals surface area contributed by atoms with Crippen LogP contribution in [0.3, 0.4) is 0 Å². The van der Waals surface area contributed by atoms with Crippen LogP contribution >= 0.6 is 0 Å². The van der Waals surface area contributed by atoms with E-state index in [1.54, 1.807) is 19.2 Å². The highest BCUT2D eigenvalue weighted by atomic mass is 16.5. The van der Waals surface area contributed by atoms with Crippen LogP contribution in [0.1, 0.15) is 30.8 Å². The highest BCUT2D eigenvalue weighted by Crippen LogP contribution is 2.31. The van der Waals surface area contributed by atoms with Crippen LogP contribution < -0.4 is 15.0 Å². The smallest absolute Gasteiger partial charge is 0.356 e. The first-order valence-corrected chi connectivity index (χ1v) is 9.32. The van der Waals surface area contributed by atoms with Crippen LogP contribution in [0.5, 0.6) is 5.75 Å². The van der Waals surface area contributed by atoms with Crippen LogP contribution in [0, 0.1) is 11.8 Å². The number of methoxy groups -OCH3 is 2. The van der Waals surface area contributed by atoms with Crippen molar-refractivity contribution in [2.24, 2.45) is 11.8 Å². The molecule has 7 heteroatoms. The topological polar surface area (TPSA) is 84.9 Å². The highest BCUT2D eigenvalue weighted by molar-refractivity contribution is 6.11. The molecule has 2 heterocycles. The van der Waals surface area contributed by atoms with Crippen molar-refractivity contribution in [2.75, 3.05) is 39.2 Å². The number of ether oxygens (including phenoxy) is 2. The minimum atomic E-state index is -0.520. The van der Waals surface area contributed by atoms with Crippen LogP contribution in [0.2, 0.25) is 0 Å². The summed E-state index contributed by atoms with van der Waals surface area (Å²) in [4.78, 5) is 29.2. The molecule has 0 radical (unpaired) electrons. The Morgan fingerprint density at radius 3 is 2.56 bits per heavy atom. The van der Waals surface area contributed by atoms with E-state index < -0.39 is 5.97 Å². The summed E-state index contributed by atoms with van der Waals surface area (Å²) in [5.74, 6) is 1.27. The van der Waals surface area contributed by atoms with Crippen molar-refractivity contribution in [3.63, 3.8) is 0 Å². The van der Waals surface area contributed by atoms with Gasteiger partial charge in [0.2, 0.25) is 0 Å². The predicted octanol–water partition coefficient (Wildman–Crippen LogP) is 1.46. The van der Waals surface area contributed by atoms with Crippen molar-refractivity contribution < 1.29 is 24.0 Å². The zero-order chi connectivity index (χ0) is 19.6. The van der Waals surface area contributed by atoms with E-state index in [1.807, 2.05) is 6.07 Å². The van der Waals surface area contributed by atoms with E-state index >= 15 is 0 Å². The van der Waals surface area contributed by atoms with E-state index in [0.29, 0.717) is 35.3 Å². The number of likely N-dealkylation sites (tertiary alicyclic amines) is 1. The number of rotatable bonds is 5. The third kappa shape index (κ3) is 4.24. The number of piperidine rings is 1. The molecule has 7 nitrogen and oxygen atoms in total. The maximum Gasteiger partial charge on any atom is 0.356 e. The molecule has 0 spiro atoms. The molecule has 1 aliphatic rings. The zero-order valence-corrected chi connectivity index (χ0v) is 16.3. The summed E-state index contributed by atoms with van der Waals surface area (Å²) in [6.45, 7) is 6.84. The summed E-state index contributed by atoms with van der Waals surface area (Å²) in [5.41, 5.74) is 1.41. The fourth-order valence-electron chi connectivity index (χ4n) is 4.17.